The van der Waals surface area contributed by atoms with Gasteiger partial charge in [0.25, 0.3) is 0 Å². The van der Waals surface area contributed by atoms with Crippen molar-refractivity contribution in [1.29, 1.82) is 0 Å². The minimum atomic E-state index is -0.802. The second-order valence-electron chi connectivity index (χ2n) is 6.04. The summed E-state index contributed by atoms with van der Waals surface area (Å²) < 4.78 is 19.0. The van der Waals surface area contributed by atoms with Crippen LogP contribution >= 0.6 is 0 Å². The molecule has 0 aliphatic carbocycles. The van der Waals surface area contributed by atoms with Gasteiger partial charge < -0.3 is 14.6 Å². The number of phenolic OH excluding ortho intramolecular Hbond substituents is 1. The minimum absolute atomic E-state index is 0.0261. The molecule has 0 radical (unpaired) electrons. The van der Waals surface area contributed by atoms with Crippen LogP contribution in [0.25, 0.3) is 0 Å². The number of fused-ring (bicyclic) bond motifs is 1. The van der Waals surface area contributed by atoms with Gasteiger partial charge in [-0.15, -0.1) is 0 Å². The predicted octanol–water partition coefficient (Wildman–Crippen LogP) is 2.39. The van der Waals surface area contributed by atoms with Crippen LogP contribution in [0.1, 0.15) is 31.9 Å². The molecule has 1 amide bonds. The molecular weight excluding hydrogens is 277 g/mol. The van der Waals surface area contributed by atoms with Crippen LogP contribution in [0, 0.1) is 5.82 Å². The van der Waals surface area contributed by atoms with Gasteiger partial charge in [0.15, 0.2) is 0 Å². The highest BCUT2D eigenvalue weighted by Crippen LogP contribution is 2.32. The average molecular weight is 295 g/mol. The summed E-state index contributed by atoms with van der Waals surface area (Å²) in [5.74, 6) is -0.581. The van der Waals surface area contributed by atoms with E-state index in [4.69, 9.17) is 4.74 Å². The number of carbonyl (C=O) groups excluding carboxylic acids is 2. The van der Waals surface area contributed by atoms with E-state index in [9.17, 15) is 19.1 Å². The number of aromatic hydroxyl groups is 1. The maximum absolute atomic E-state index is 13.8. The molecule has 0 fully saturated rings. The molecule has 0 bridgehead atoms. The van der Waals surface area contributed by atoms with E-state index in [1.807, 2.05) is 0 Å². The Kier molecular flexibility index (Phi) is 3.89. The van der Waals surface area contributed by atoms with E-state index in [1.54, 1.807) is 20.8 Å². The SMILES string of the molecule is CC(C)(C)OC(=O)N1Cc2c(O)ccc(F)c2CC1C=O. The number of hydrogen-bond donors (Lipinski definition) is 1. The molecule has 114 valence electrons. The molecule has 0 saturated carbocycles. The summed E-state index contributed by atoms with van der Waals surface area (Å²) in [4.78, 5) is 24.6. The first kappa shape index (κ1) is 15.3. The van der Waals surface area contributed by atoms with Crippen LogP contribution < -0.4 is 0 Å². The summed E-state index contributed by atoms with van der Waals surface area (Å²) in [6, 6.07) is 1.59. The highest BCUT2D eigenvalue weighted by Gasteiger charge is 2.35. The van der Waals surface area contributed by atoms with Crippen molar-refractivity contribution in [2.45, 2.75) is 45.4 Å². The van der Waals surface area contributed by atoms with Crippen molar-refractivity contribution in [1.82, 2.24) is 4.90 Å². The number of rotatable bonds is 1. The molecule has 0 aromatic heterocycles. The van der Waals surface area contributed by atoms with Crippen LogP contribution in [0.5, 0.6) is 5.75 Å². The number of hydrogen-bond acceptors (Lipinski definition) is 4. The van der Waals surface area contributed by atoms with Gasteiger partial charge in [-0.05, 0) is 38.5 Å². The molecule has 1 aliphatic rings. The van der Waals surface area contributed by atoms with E-state index in [-0.39, 0.29) is 24.3 Å². The van der Waals surface area contributed by atoms with Gasteiger partial charge in [-0.3, -0.25) is 4.90 Å². The second kappa shape index (κ2) is 5.35. The fraction of sp³-hybridized carbons (Fsp3) is 0.467. The van der Waals surface area contributed by atoms with Gasteiger partial charge in [0.05, 0.1) is 12.6 Å². The summed E-state index contributed by atoms with van der Waals surface area (Å²) in [6.45, 7) is 5.10. The number of aldehydes is 1. The molecule has 2 rings (SSSR count). The van der Waals surface area contributed by atoms with Crippen LogP contribution in [0.15, 0.2) is 12.1 Å². The Morgan fingerprint density at radius 2 is 2.10 bits per heavy atom. The number of benzene rings is 1. The molecule has 1 atom stereocenters. The first-order valence-corrected chi connectivity index (χ1v) is 6.67. The normalized spacial score (nSPS) is 18.1. The Balaban J connectivity index is 2.34. The first-order valence-electron chi connectivity index (χ1n) is 6.67. The Hall–Kier alpha value is -2.11. The Labute approximate surface area is 122 Å². The number of phenols is 1. The Morgan fingerprint density at radius 1 is 1.43 bits per heavy atom. The third-order valence-corrected chi connectivity index (χ3v) is 3.28. The lowest BCUT2D eigenvalue weighted by Gasteiger charge is -2.35. The summed E-state index contributed by atoms with van der Waals surface area (Å²) >= 11 is 0. The van der Waals surface area contributed by atoms with E-state index < -0.39 is 23.6 Å². The summed E-state index contributed by atoms with van der Waals surface area (Å²) in [6.07, 6.45) is -0.0387. The molecule has 21 heavy (non-hydrogen) atoms. The molecule has 1 heterocycles. The van der Waals surface area contributed by atoms with Crippen LogP contribution in [0.2, 0.25) is 0 Å². The maximum Gasteiger partial charge on any atom is 0.411 e. The predicted molar refractivity (Wildman–Crippen MR) is 73.4 cm³/mol. The molecule has 1 aromatic carbocycles. The second-order valence-corrected chi connectivity index (χ2v) is 6.04. The van der Waals surface area contributed by atoms with E-state index in [1.165, 1.54) is 11.0 Å². The van der Waals surface area contributed by atoms with E-state index in [0.717, 1.165) is 6.07 Å². The highest BCUT2D eigenvalue weighted by atomic mass is 19.1. The van der Waals surface area contributed by atoms with Crippen molar-refractivity contribution in [3.8, 4) is 5.75 Å². The van der Waals surface area contributed by atoms with Gasteiger partial charge in [0.2, 0.25) is 0 Å². The zero-order chi connectivity index (χ0) is 15.8. The molecule has 0 spiro atoms. The van der Waals surface area contributed by atoms with Crippen molar-refractivity contribution < 1.29 is 23.8 Å². The molecule has 0 saturated heterocycles. The number of halogens is 1. The zero-order valence-corrected chi connectivity index (χ0v) is 12.2. The lowest BCUT2D eigenvalue weighted by Crippen LogP contribution is -2.47. The summed E-state index contributed by atoms with van der Waals surface area (Å²) in [5, 5.41) is 9.84. The Bertz CT molecular complexity index is 580. The molecule has 5 nitrogen and oxygen atoms in total. The number of carbonyl (C=O) groups is 2. The average Bonchev–Trinajstić information content (AvgIpc) is 2.40. The zero-order valence-electron chi connectivity index (χ0n) is 12.2. The fourth-order valence-corrected chi connectivity index (χ4v) is 2.30. The van der Waals surface area contributed by atoms with Gasteiger partial charge in [0.1, 0.15) is 23.5 Å². The van der Waals surface area contributed by atoms with Crippen molar-refractivity contribution in [2.24, 2.45) is 0 Å². The topological polar surface area (TPSA) is 66.8 Å². The van der Waals surface area contributed by atoms with Crippen molar-refractivity contribution in [3.63, 3.8) is 0 Å². The van der Waals surface area contributed by atoms with Gasteiger partial charge in [0, 0.05) is 12.0 Å². The van der Waals surface area contributed by atoms with Crippen LogP contribution in [0.3, 0.4) is 0 Å². The fourth-order valence-electron chi connectivity index (χ4n) is 2.30. The quantitative estimate of drug-likeness (QED) is 0.808. The summed E-state index contributed by atoms with van der Waals surface area (Å²) in [7, 11) is 0. The standard InChI is InChI=1S/C15H18FNO4/c1-15(2,3)21-14(20)17-7-11-10(6-9(17)8-18)12(16)4-5-13(11)19/h4-5,8-9,19H,6-7H2,1-3H3. The van der Waals surface area contributed by atoms with Crippen molar-refractivity contribution in [3.05, 3.63) is 29.1 Å². The molecule has 6 heteroatoms. The van der Waals surface area contributed by atoms with Gasteiger partial charge in [-0.1, -0.05) is 0 Å². The lowest BCUT2D eigenvalue weighted by molar-refractivity contribution is -0.113. The van der Waals surface area contributed by atoms with Gasteiger partial charge >= 0.3 is 6.09 Å². The highest BCUT2D eigenvalue weighted by molar-refractivity contribution is 5.75. The minimum Gasteiger partial charge on any atom is -0.508 e. The van der Waals surface area contributed by atoms with Gasteiger partial charge in [-0.2, -0.15) is 0 Å². The van der Waals surface area contributed by atoms with E-state index >= 15 is 0 Å². The first-order chi connectivity index (χ1) is 9.73. The third-order valence-electron chi connectivity index (χ3n) is 3.28. The van der Waals surface area contributed by atoms with Crippen LogP contribution in [-0.4, -0.2) is 34.0 Å². The smallest absolute Gasteiger partial charge is 0.411 e. The lowest BCUT2D eigenvalue weighted by atomic mass is 9.93. The third kappa shape index (κ3) is 3.15. The summed E-state index contributed by atoms with van der Waals surface area (Å²) in [5.41, 5.74) is -0.111. The van der Waals surface area contributed by atoms with Crippen molar-refractivity contribution >= 4 is 12.4 Å². The largest absolute Gasteiger partial charge is 0.508 e. The molecule has 1 aromatic rings. The molecule has 1 aliphatic heterocycles. The monoisotopic (exact) mass is 295 g/mol. The molecule has 1 N–H and O–H groups in total. The van der Waals surface area contributed by atoms with Crippen molar-refractivity contribution in [2.75, 3.05) is 0 Å². The molecule has 1 unspecified atom stereocenters. The maximum atomic E-state index is 13.8. The van der Waals surface area contributed by atoms with Gasteiger partial charge in [-0.25, -0.2) is 9.18 Å². The number of nitrogens with zero attached hydrogens (tertiary/aromatic N) is 1. The van der Waals surface area contributed by atoms with Crippen LogP contribution in [-0.2, 0) is 22.5 Å². The number of ether oxygens (including phenoxy) is 1. The number of amides is 1. The Morgan fingerprint density at radius 3 is 2.67 bits per heavy atom. The van der Waals surface area contributed by atoms with Crippen LogP contribution in [0.4, 0.5) is 9.18 Å². The van der Waals surface area contributed by atoms with E-state index in [0.29, 0.717) is 11.8 Å². The molecular formula is C15H18FNO4. The van der Waals surface area contributed by atoms with E-state index in [2.05, 4.69) is 0 Å².